The van der Waals surface area contributed by atoms with Crippen molar-refractivity contribution < 1.29 is 26.7 Å². The Labute approximate surface area is 173 Å². The van der Waals surface area contributed by atoms with E-state index in [1.165, 1.54) is 23.5 Å². The van der Waals surface area contributed by atoms with Gasteiger partial charge in [0.1, 0.15) is 30.2 Å². The molecule has 3 aliphatic rings. The third kappa shape index (κ3) is 3.49. The molecule has 2 aliphatic carbocycles. The van der Waals surface area contributed by atoms with Crippen LogP contribution >= 0.6 is 0 Å². The van der Waals surface area contributed by atoms with Crippen LogP contribution in [0.2, 0.25) is 0 Å². The maximum Gasteiger partial charge on any atom is 0.404 e. The largest absolute Gasteiger partial charge is 0.497 e. The minimum Gasteiger partial charge on any atom is -0.497 e. The molecule has 0 aromatic carbocycles. The number of nitrogens with one attached hydrogen (secondary N) is 1. The first-order valence-corrected chi connectivity index (χ1v) is 9.95. The number of nitrogens with zero attached hydrogens (tertiary/aromatic N) is 2. The summed E-state index contributed by atoms with van der Waals surface area (Å²) in [6.45, 7) is 0.451. The summed E-state index contributed by atoms with van der Waals surface area (Å²) in [7, 11) is 1.23. The molecule has 4 rings (SSSR count). The van der Waals surface area contributed by atoms with Gasteiger partial charge in [-0.25, -0.2) is 13.6 Å². The van der Waals surface area contributed by atoms with Gasteiger partial charge in [0.05, 0.1) is 17.7 Å². The molecule has 2 heterocycles. The Balaban J connectivity index is 1.88. The summed E-state index contributed by atoms with van der Waals surface area (Å²) in [5, 5.41) is 0.0702. The monoisotopic (exact) mass is 450 g/mol. The van der Waals surface area contributed by atoms with E-state index in [1.807, 2.05) is 0 Å². The van der Waals surface area contributed by atoms with Crippen LogP contribution in [-0.2, 0) is 4.74 Å². The molecule has 7 nitrogen and oxygen atoms in total. The highest BCUT2D eigenvalue weighted by Gasteiger charge is 2.52. The van der Waals surface area contributed by atoms with Crippen LogP contribution < -0.4 is 27.6 Å². The Hall–Kier alpha value is -2.21. The lowest BCUT2D eigenvalue weighted by Crippen LogP contribution is -2.62. The summed E-state index contributed by atoms with van der Waals surface area (Å²) in [4.78, 5) is 28.4. The van der Waals surface area contributed by atoms with E-state index in [4.69, 9.17) is 10.5 Å². The van der Waals surface area contributed by atoms with Gasteiger partial charge in [-0.05, 0) is 25.3 Å². The van der Waals surface area contributed by atoms with Crippen LogP contribution in [0.5, 0.6) is 0 Å². The third-order valence-electron chi connectivity index (χ3n) is 6.41. The number of halogens is 5. The van der Waals surface area contributed by atoms with Crippen molar-refractivity contribution in [1.82, 2.24) is 14.5 Å². The van der Waals surface area contributed by atoms with Crippen molar-refractivity contribution in [3.05, 3.63) is 31.4 Å². The Morgan fingerprint density at radius 2 is 1.84 bits per heavy atom. The second kappa shape index (κ2) is 7.44. The third-order valence-corrected chi connectivity index (χ3v) is 6.41. The van der Waals surface area contributed by atoms with Gasteiger partial charge < -0.3 is 10.5 Å². The molecule has 0 spiro atoms. The number of methoxy groups -OCH3 is 1. The van der Waals surface area contributed by atoms with Crippen LogP contribution in [0.4, 0.5) is 22.0 Å². The SMILES string of the molecule is COC1=c2c(c(=O)[nH]c(=O)n2C2CC2)=C(C)C(F)C1N1CC(F)C(C(N)C(F)(F)F)C1. The van der Waals surface area contributed by atoms with Gasteiger partial charge in [-0.15, -0.1) is 0 Å². The molecule has 31 heavy (non-hydrogen) atoms. The molecule has 0 radical (unpaired) electrons. The highest BCUT2D eigenvalue weighted by Crippen LogP contribution is 2.36. The molecule has 1 saturated heterocycles. The normalized spacial score (nSPS) is 30.5. The number of ether oxygens (including phenoxy) is 1. The molecule has 5 unspecified atom stereocenters. The molecule has 172 valence electrons. The first kappa shape index (κ1) is 22.0. The minimum atomic E-state index is -4.80. The number of alkyl halides is 5. The van der Waals surface area contributed by atoms with E-state index in [0.717, 1.165) is 0 Å². The Kier molecular flexibility index (Phi) is 5.28. The van der Waals surface area contributed by atoms with Gasteiger partial charge >= 0.3 is 11.9 Å². The first-order valence-electron chi connectivity index (χ1n) is 9.95. The fourth-order valence-corrected chi connectivity index (χ4v) is 4.68. The predicted molar refractivity (Wildman–Crippen MR) is 101 cm³/mol. The van der Waals surface area contributed by atoms with Crippen molar-refractivity contribution in [2.45, 2.75) is 56.4 Å². The number of rotatable bonds is 4. The molecule has 1 aromatic rings. The summed E-state index contributed by atoms with van der Waals surface area (Å²) in [5.74, 6) is -1.64. The Morgan fingerprint density at radius 3 is 2.39 bits per heavy atom. The number of H-pyrrole nitrogens is 1. The molecule has 0 amide bonds. The lowest BCUT2D eigenvalue weighted by Gasteiger charge is -2.34. The van der Waals surface area contributed by atoms with Crippen molar-refractivity contribution in [2.75, 3.05) is 20.2 Å². The van der Waals surface area contributed by atoms with E-state index in [0.29, 0.717) is 12.8 Å². The zero-order valence-electron chi connectivity index (χ0n) is 16.9. The molecule has 0 bridgehead atoms. The number of likely N-dealkylation sites (tertiary alicyclic amines) is 1. The van der Waals surface area contributed by atoms with E-state index < -0.39 is 60.9 Å². The number of aromatic amines is 1. The summed E-state index contributed by atoms with van der Waals surface area (Å²) in [6.07, 6.45) is -7.21. The summed E-state index contributed by atoms with van der Waals surface area (Å²) < 4.78 is 76.0. The fraction of sp³-hybridized carbons (Fsp3) is 0.684. The van der Waals surface area contributed by atoms with Gasteiger partial charge in [-0.3, -0.25) is 19.2 Å². The molecule has 3 N–H and O–H groups in total. The van der Waals surface area contributed by atoms with Crippen LogP contribution in [0.1, 0.15) is 25.8 Å². The van der Waals surface area contributed by atoms with Gasteiger partial charge in [0, 0.05) is 25.0 Å². The smallest absolute Gasteiger partial charge is 0.404 e. The van der Waals surface area contributed by atoms with Gasteiger partial charge in [-0.1, -0.05) is 0 Å². The van der Waals surface area contributed by atoms with Gasteiger partial charge in [0.15, 0.2) is 0 Å². The van der Waals surface area contributed by atoms with Crippen LogP contribution in [-0.4, -0.2) is 65.3 Å². The van der Waals surface area contributed by atoms with Crippen molar-refractivity contribution in [3.8, 4) is 0 Å². The van der Waals surface area contributed by atoms with Crippen molar-refractivity contribution >= 4 is 11.3 Å². The summed E-state index contributed by atoms with van der Waals surface area (Å²) >= 11 is 0. The van der Waals surface area contributed by atoms with Crippen molar-refractivity contribution in [2.24, 2.45) is 11.7 Å². The number of hydrogen-bond acceptors (Lipinski definition) is 5. The van der Waals surface area contributed by atoms with Crippen LogP contribution in [0.3, 0.4) is 0 Å². The Morgan fingerprint density at radius 1 is 1.19 bits per heavy atom. The lowest BCUT2D eigenvalue weighted by molar-refractivity contribution is -0.161. The van der Waals surface area contributed by atoms with Gasteiger partial charge in [0.2, 0.25) is 0 Å². The topological polar surface area (TPSA) is 93.3 Å². The standard InChI is InChI=1S/C19H23F5N4O3/c1-7-11-13(28(8-3-4-8)18(30)26-17(11)29)15(31-2)14(12(7)21)27-5-9(10(20)6-27)16(25)19(22,23)24/h8-10,12,14,16H,3-6,25H2,1-2H3,(H,26,29,30). The molecule has 12 heteroatoms. The number of aromatic nitrogens is 2. The lowest BCUT2D eigenvalue weighted by atomic mass is 9.94. The van der Waals surface area contributed by atoms with E-state index >= 15 is 4.39 Å². The molecular weight excluding hydrogens is 427 g/mol. The molecule has 2 fully saturated rings. The van der Waals surface area contributed by atoms with Crippen LogP contribution in [0.15, 0.2) is 9.59 Å². The Bertz CT molecular complexity index is 1120. The van der Waals surface area contributed by atoms with E-state index in [9.17, 15) is 27.2 Å². The minimum absolute atomic E-state index is 0.00966. The maximum atomic E-state index is 15.5. The predicted octanol–water partition coefficient (Wildman–Crippen LogP) is -0.323. The molecular formula is C19H23F5N4O3. The van der Waals surface area contributed by atoms with Crippen molar-refractivity contribution in [3.63, 3.8) is 0 Å². The quantitative estimate of drug-likeness (QED) is 0.614. The average Bonchev–Trinajstić information content (AvgIpc) is 3.44. The van der Waals surface area contributed by atoms with Crippen LogP contribution in [0, 0.1) is 5.92 Å². The molecule has 1 aliphatic heterocycles. The van der Waals surface area contributed by atoms with Crippen LogP contribution in [0.25, 0.3) is 11.3 Å². The molecule has 1 aromatic heterocycles. The van der Waals surface area contributed by atoms with E-state index in [2.05, 4.69) is 4.98 Å². The van der Waals surface area contributed by atoms with E-state index in [1.54, 1.807) is 0 Å². The second-order valence-electron chi connectivity index (χ2n) is 8.38. The number of nitrogens with two attached hydrogens (primary N) is 1. The van der Waals surface area contributed by atoms with Crippen molar-refractivity contribution in [1.29, 1.82) is 0 Å². The zero-order chi connectivity index (χ0) is 22.8. The second-order valence-corrected chi connectivity index (χ2v) is 8.38. The van der Waals surface area contributed by atoms with Gasteiger partial charge in [-0.2, -0.15) is 13.2 Å². The zero-order valence-corrected chi connectivity index (χ0v) is 16.9. The van der Waals surface area contributed by atoms with E-state index in [-0.39, 0.29) is 27.9 Å². The maximum absolute atomic E-state index is 15.5. The summed E-state index contributed by atoms with van der Waals surface area (Å²) in [5.41, 5.74) is 3.80. The highest BCUT2D eigenvalue weighted by atomic mass is 19.4. The molecule has 1 saturated carbocycles. The number of hydrogen-bond donors (Lipinski definition) is 2. The van der Waals surface area contributed by atoms with Gasteiger partial charge in [0.25, 0.3) is 5.56 Å². The summed E-state index contributed by atoms with van der Waals surface area (Å²) in [6, 6.07) is -3.89. The first-order chi connectivity index (χ1) is 14.5. The average molecular weight is 450 g/mol. The fourth-order valence-electron chi connectivity index (χ4n) is 4.68. The highest BCUT2D eigenvalue weighted by molar-refractivity contribution is 5.60. The number of fused-ring (bicyclic) bond motifs is 1. The molecule has 5 atom stereocenters.